The highest BCUT2D eigenvalue weighted by molar-refractivity contribution is 5.60. The zero-order valence-corrected chi connectivity index (χ0v) is 8.25. The fourth-order valence-electron chi connectivity index (χ4n) is 1.16. The van der Waals surface area contributed by atoms with E-state index in [1.807, 2.05) is 30.3 Å². The molecule has 4 heteroatoms. The number of rotatable bonds is 3. The average Bonchev–Trinajstić information content (AvgIpc) is 2.76. The van der Waals surface area contributed by atoms with Gasteiger partial charge in [-0.1, -0.05) is 35.5 Å². The summed E-state index contributed by atoms with van der Waals surface area (Å²) in [6.07, 6.45) is 1.30. The summed E-state index contributed by atoms with van der Waals surface area (Å²) < 4.78 is 9.99. The Bertz CT molecular complexity index is 449. The molecule has 1 heterocycles. The highest BCUT2D eigenvalue weighted by Gasteiger charge is 2.05. The summed E-state index contributed by atoms with van der Waals surface area (Å²) in [5.74, 6) is 0.333. The average molecular weight is 202 g/mol. The molecule has 1 aromatic heterocycles. The number of nitrogens with zero attached hydrogens (tertiary/aromatic N) is 2. The predicted octanol–water partition coefficient (Wildman–Crippen LogP) is 2.38. The summed E-state index contributed by atoms with van der Waals surface area (Å²) in [7, 11) is 1.62. The third-order valence-corrected chi connectivity index (χ3v) is 1.83. The first kappa shape index (κ1) is 9.45. The molecule has 0 N–H and O–H groups in total. The predicted molar refractivity (Wildman–Crippen MR) is 57.0 cm³/mol. The summed E-state index contributed by atoms with van der Waals surface area (Å²) >= 11 is 0. The molecule has 2 rings (SSSR count). The molecule has 0 aliphatic carbocycles. The summed E-state index contributed by atoms with van der Waals surface area (Å²) in [5, 5.41) is 3.88. The third kappa shape index (κ3) is 2.22. The van der Waals surface area contributed by atoms with Gasteiger partial charge in [0.05, 0.1) is 6.07 Å². The molecule has 1 aromatic carbocycles. The normalized spacial score (nSPS) is 10.7. The quantitative estimate of drug-likeness (QED) is 0.567. The van der Waals surface area contributed by atoms with Gasteiger partial charge in [-0.3, -0.25) is 4.99 Å². The minimum atomic E-state index is 0.333. The van der Waals surface area contributed by atoms with Gasteiger partial charge in [0, 0.05) is 12.6 Å². The molecule has 0 fully saturated rings. The van der Waals surface area contributed by atoms with E-state index >= 15 is 0 Å². The molecule has 76 valence electrons. The topological polar surface area (TPSA) is 47.6 Å². The lowest BCUT2D eigenvalue weighted by atomic mass is 10.2. The van der Waals surface area contributed by atoms with E-state index in [-0.39, 0.29) is 0 Å². The molecule has 0 saturated carbocycles. The van der Waals surface area contributed by atoms with E-state index in [0.29, 0.717) is 5.95 Å². The minimum absolute atomic E-state index is 0.333. The van der Waals surface area contributed by atoms with E-state index < -0.39 is 0 Å². The van der Waals surface area contributed by atoms with Crippen molar-refractivity contribution in [3.8, 4) is 17.2 Å². The highest BCUT2D eigenvalue weighted by Crippen LogP contribution is 2.22. The van der Waals surface area contributed by atoms with Crippen molar-refractivity contribution in [1.82, 2.24) is 5.16 Å². The molecule has 4 nitrogen and oxygen atoms in total. The summed E-state index contributed by atoms with van der Waals surface area (Å²) in [4.78, 5) is 3.68. The second-order valence-electron chi connectivity index (χ2n) is 2.88. The first-order valence-corrected chi connectivity index (χ1v) is 4.49. The maximum atomic E-state index is 5.04. The van der Waals surface area contributed by atoms with Crippen LogP contribution >= 0.6 is 0 Å². The van der Waals surface area contributed by atoms with Crippen LogP contribution in [0.4, 0.5) is 0 Å². The van der Waals surface area contributed by atoms with Crippen LogP contribution in [-0.2, 0) is 0 Å². The third-order valence-electron chi connectivity index (χ3n) is 1.83. The first-order chi connectivity index (χ1) is 7.40. The fraction of sp³-hybridized carbons (Fsp3) is 0.0909. The van der Waals surface area contributed by atoms with Crippen molar-refractivity contribution in [2.24, 2.45) is 4.99 Å². The molecule has 0 aliphatic rings. The fourth-order valence-corrected chi connectivity index (χ4v) is 1.16. The Morgan fingerprint density at radius 3 is 2.87 bits per heavy atom. The number of hydrogen-bond acceptors (Lipinski definition) is 4. The smallest absolute Gasteiger partial charge is 0.318 e. The Morgan fingerprint density at radius 2 is 2.13 bits per heavy atom. The minimum Gasteiger partial charge on any atom is -0.413 e. The molecule has 15 heavy (non-hydrogen) atoms. The molecule has 0 spiro atoms. The maximum Gasteiger partial charge on any atom is 0.318 e. The van der Waals surface area contributed by atoms with E-state index in [1.54, 1.807) is 13.1 Å². The molecular weight excluding hydrogens is 192 g/mol. The van der Waals surface area contributed by atoms with Crippen LogP contribution in [0, 0.1) is 0 Å². The molecular formula is C11H10N2O2. The van der Waals surface area contributed by atoms with E-state index in [0.717, 1.165) is 11.3 Å². The molecule has 0 saturated heterocycles. The molecule has 0 bridgehead atoms. The van der Waals surface area contributed by atoms with Crippen LogP contribution in [0.15, 0.2) is 45.9 Å². The first-order valence-electron chi connectivity index (χ1n) is 4.49. The molecule has 0 radical (unpaired) electrons. The monoisotopic (exact) mass is 202 g/mol. The van der Waals surface area contributed by atoms with Crippen LogP contribution in [0.2, 0.25) is 0 Å². The van der Waals surface area contributed by atoms with E-state index in [2.05, 4.69) is 10.1 Å². The van der Waals surface area contributed by atoms with Crippen molar-refractivity contribution in [3.63, 3.8) is 0 Å². The Labute approximate surface area is 87.2 Å². The Balaban J connectivity index is 2.20. The van der Waals surface area contributed by atoms with Gasteiger partial charge in [0.1, 0.15) is 5.69 Å². The zero-order valence-electron chi connectivity index (χ0n) is 8.25. The maximum absolute atomic E-state index is 5.04. The molecule has 2 aromatic rings. The van der Waals surface area contributed by atoms with Gasteiger partial charge in [-0.25, -0.2) is 0 Å². The van der Waals surface area contributed by atoms with Crippen molar-refractivity contribution in [1.29, 1.82) is 0 Å². The van der Waals surface area contributed by atoms with Gasteiger partial charge < -0.3 is 9.26 Å². The van der Waals surface area contributed by atoms with Crippen molar-refractivity contribution >= 4 is 6.40 Å². The Kier molecular flexibility index (Phi) is 2.78. The highest BCUT2D eigenvalue weighted by atomic mass is 16.6. The van der Waals surface area contributed by atoms with E-state index in [9.17, 15) is 0 Å². The van der Waals surface area contributed by atoms with E-state index in [1.165, 1.54) is 6.40 Å². The van der Waals surface area contributed by atoms with Gasteiger partial charge >= 0.3 is 5.95 Å². The van der Waals surface area contributed by atoms with Gasteiger partial charge in [0.15, 0.2) is 6.40 Å². The molecule has 0 amide bonds. The summed E-state index contributed by atoms with van der Waals surface area (Å²) in [6, 6.07) is 11.5. The molecule has 0 atom stereocenters. The van der Waals surface area contributed by atoms with Gasteiger partial charge in [0.25, 0.3) is 0 Å². The van der Waals surface area contributed by atoms with Crippen molar-refractivity contribution in [2.75, 3.05) is 7.05 Å². The number of hydrogen-bond donors (Lipinski definition) is 0. The SMILES string of the molecule is CN=COc1cc(-c2ccccc2)no1. The standard InChI is InChI=1S/C11H10N2O2/c1-12-8-14-11-7-10(13-15-11)9-5-3-2-4-6-9/h2-8H,1H3. The Morgan fingerprint density at radius 1 is 1.33 bits per heavy atom. The van der Waals surface area contributed by atoms with E-state index in [4.69, 9.17) is 9.26 Å². The molecule has 0 aliphatic heterocycles. The number of aromatic nitrogens is 1. The lowest BCUT2D eigenvalue weighted by Gasteiger charge is -1.91. The van der Waals surface area contributed by atoms with Gasteiger partial charge in [0.2, 0.25) is 0 Å². The lowest BCUT2D eigenvalue weighted by molar-refractivity contribution is 0.320. The number of aliphatic imine (C=N–C) groups is 1. The van der Waals surface area contributed by atoms with Gasteiger partial charge in [-0.05, 0) is 0 Å². The van der Waals surface area contributed by atoms with Crippen LogP contribution in [0.25, 0.3) is 11.3 Å². The lowest BCUT2D eigenvalue weighted by Crippen LogP contribution is -1.85. The molecule has 0 unspecified atom stereocenters. The van der Waals surface area contributed by atoms with Crippen molar-refractivity contribution in [3.05, 3.63) is 36.4 Å². The summed E-state index contributed by atoms with van der Waals surface area (Å²) in [6.45, 7) is 0. The van der Waals surface area contributed by atoms with Crippen LogP contribution in [0.5, 0.6) is 5.95 Å². The van der Waals surface area contributed by atoms with Crippen LogP contribution in [0.3, 0.4) is 0 Å². The van der Waals surface area contributed by atoms with Crippen LogP contribution in [-0.4, -0.2) is 18.6 Å². The van der Waals surface area contributed by atoms with Gasteiger partial charge in [-0.2, -0.15) is 0 Å². The van der Waals surface area contributed by atoms with Crippen molar-refractivity contribution < 1.29 is 9.26 Å². The summed E-state index contributed by atoms with van der Waals surface area (Å²) in [5.41, 5.74) is 1.74. The Hall–Kier alpha value is -2.10. The second-order valence-corrected chi connectivity index (χ2v) is 2.88. The van der Waals surface area contributed by atoms with Crippen LogP contribution < -0.4 is 4.74 Å². The largest absolute Gasteiger partial charge is 0.413 e. The van der Waals surface area contributed by atoms with Crippen LogP contribution in [0.1, 0.15) is 0 Å². The number of benzene rings is 1. The van der Waals surface area contributed by atoms with Crippen molar-refractivity contribution in [2.45, 2.75) is 0 Å². The second kappa shape index (κ2) is 4.41. The zero-order chi connectivity index (χ0) is 10.5. The number of ether oxygens (including phenoxy) is 1. The van der Waals surface area contributed by atoms with Gasteiger partial charge in [-0.15, -0.1) is 0 Å².